The lowest BCUT2D eigenvalue weighted by molar-refractivity contribution is -0.134. The number of nitrogens with one attached hydrogen (secondary N) is 3. The highest BCUT2D eigenvalue weighted by Gasteiger charge is 2.27. The molecule has 0 saturated carbocycles. The Morgan fingerprint density at radius 3 is 2.29 bits per heavy atom. The third kappa shape index (κ3) is 7.30. The first-order valence-electron chi connectivity index (χ1n) is 11.6. The summed E-state index contributed by atoms with van der Waals surface area (Å²) in [6.07, 6.45) is 5.84. The van der Waals surface area contributed by atoms with E-state index in [2.05, 4.69) is 10.6 Å². The number of alkyl carbamates (subject to hydrolysis) is 1. The van der Waals surface area contributed by atoms with E-state index in [0.29, 0.717) is 43.0 Å². The van der Waals surface area contributed by atoms with Gasteiger partial charge in [0, 0.05) is 49.2 Å². The van der Waals surface area contributed by atoms with Crippen molar-refractivity contribution in [1.82, 2.24) is 20.4 Å². The van der Waals surface area contributed by atoms with Crippen LogP contribution < -0.4 is 10.6 Å². The lowest BCUT2D eigenvalue weighted by atomic mass is 10.0. The van der Waals surface area contributed by atoms with Crippen LogP contribution in [-0.4, -0.2) is 71.2 Å². The molecule has 9 heteroatoms. The molecule has 186 valence electrons. The van der Waals surface area contributed by atoms with Crippen molar-refractivity contribution in [3.05, 3.63) is 71.6 Å². The second-order valence-corrected chi connectivity index (χ2v) is 9.45. The van der Waals surface area contributed by atoms with Gasteiger partial charge < -0.3 is 25.3 Å². The van der Waals surface area contributed by atoms with Gasteiger partial charge in [-0.1, -0.05) is 18.2 Å². The van der Waals surface area contributed by atoms with Gasteiger partial charge >= 0.3 is 6.09 Å². The normalized spacial score (nSPS) is 18.1. The van der Waals surface area contributed by atoms with Crippen molar-refractivity contribution in [1.29, 1.82) is 5.41 Å². The van der Waals surface area contributed by atoms with E-state index in [1.54, 1.807) is 74.1 Å². The Hall–Kier alpha value is -3.88. The van der Waals surface area contributed by atoms with Crippen LogP contribution in [0.5, 0.6) is 0 Å². The molecule has 0 spiro atoms. The molecule has 1 aromatic carbocycles. The third-order valence-corrected chi connectivity index (χ3v) is 5.46. The molecule has 1 saturated heterocycles. The maximum absolute atomic E-state index is 12.9. The number of carbonyl (C=O) groups excluding carboxylic acids is 3. The van der Waals surface area contributed by atoms with Crippen LogP contribution in [0.15, 0.2) is 66.0 Å². The lowest BCUT2D eigenvalue weighted by Gasteiger charge is -2.36. The zero-order valence-electron chi connectivity index (χ0n) is 20.6. The van der Waals surface area contributed by atoms with Gasteiger partial charge in [0.05, 0.1) is 5.71 Å². The van der Waals surface area contributed by atoms with Crippen molar-refractivity contribution in [2.45, 2.75) is 39.3 Å². The van der Waals surface area contributed by atoms with Gasteiger partial charge in [0.25, 0.3) is 5.91 Å². The molecule has 3 N–H and O–H groups in total. The van der Waals surface area contributed by atoms with Crippen molar-refractivity contribution in [2.75, 3.05) is 26.2 Å². The van der Waals surface area contributed by atoms with Crippen molar-refractivity contribution >= 4 is 23.6 Å². The largest absolute Gasteiger partial charge is 0.444 e. The van der Waals surface area contributed by atoms with Crippen LogP contribution in [0.2, 0.25) is 0 Å². The summed E-state index contributed by atoms with van der Waals surface area (Å²) in [5.41, 5.74) is 1.29. The van der Waals surface area contributed by atoms with Crippen LogP contribution in [0.3, 0.4) is 0 Å². The second-order valence-electron chi connectivity index (χ2n) is 9.45. The fourth-order valence-corrected chi connectivity index (χ4v) is 3.63. The molecule has 9 nitrogen and oxygen atoms in total. The summed E-state index contributed by atoms with van der Waals surface area (Å²) in [7, 11) is 0. The Morgan fingerprint density at radius 2 is 1.66 bits per heavy atom. The minimum Gasteiger partial charge on any atom is -0.444 e. The van der Waals surface area contributed by atoms with Crippen molar-refractivity contribution in [3.63, 3.8) is 0 Å². The third-order valence-electron chi connectivity index (χ3n) is 5.46. The average Bonchev–Trinajstić information content (AvgIpc) is 2.82. The zero-order valence-corrected chi connectivity index (χ0v) is 20.6. The molecule has 0 bridgehead atoms. The summed E-state index contributed by atoms with van der Waals surface area (Å²) in [5, 5.41) is 13.8. The van der Waals surface area contributed by atoms with Crippen LogP contribution in [-0.2, 0) is 9.53 Å². The summed E-state index contributed by atoms with van der Waals surface area (Å²) in [6, 6.07) is 8.61. The Bertz CT molecular complexity index is 1060. The molecule has 3 rings (SSSR count). The number of ether oxygens (including phenoxy) is 1. The van der Waals surface area contributed by atoms with Crippen LogP contribution in [0.4, 0.5) is 4.79 Å². The van der Waals surface area contributed by atoms with Gasteiger partial charge in [-0.25, -0.2) is 4.79 Å². The van der Waals surface area contributed by atoms with Gasteiger partial charge in [0.1, 0.15) is 11.6 Å². The highest BCUT2D eigenvalue weighted by molar-refractivity contribution is 6.09. The molecule has 3 amide bonds. The topological polar surface area (TPSA) is 115 Å². The lowest BCUT2D eigenvalue weighted by Crippen LogP contribution is -2.54. The number of nitrogens with zero attached hydrogens (tertiary/aromatic N) is 2. The summed E-state index contributed by atoms with van der Waals surface area (Å²) < 4.78 is 5.26. The average molecular weight is 480 g/mol. The Balaban J connectivity index is 1.53. The van der Waals surface area contributed by atoms with E-state index in [-0.39, 0.29) is 17.5 Å². The fraction of sp³-hybridized carbons (Fsp3) is 0.385. The molecule has 1 atom stereocenters. The van der Waals surface area contributed by atoms with Crippen molar-refractivity contribution in [3.8, 4) is 0 Å². The van der Waals surface area contributed by atoms with E-state index in [1.807, 2.05) is 18.2 Å². The summed E-state index contributed by atoms with van der Waals surface area (Å²) in [5.74, 6) is -0.109. The maximum atomic E-state index is 12.9. The quantitative estimate of drug-likeness (QED) is 0.601. The maximum Gasteiger partial charge on any atom is 0.412 e. The van der Waals surface area contributed by atoms with Gasteiger partial charge in [-0.05, 0) is 58.1 Å². The van der Waals surface area contributed by atoms with Gasteiger partial charge in [-0.15, -0.1) is 0 Å². The number of benzene rings is 1. The zero-order chi connectivity index (χ0) is 25.6. The van der Waals surface area contributed by atoms with Gasteiger partial charge in [0.2, 0.25) is 5.91 Å². The first kappa shape index (κ1) is 25.7. The van der Waals surface area contributed by atoms with Crippen LogP contribution in [0.1, 0.15) is 38.1 Å². The molecule has 1 heterocycles. The van der Waals surface area contributed by atoms with Crippen molar-refractivity contribution < 1.29 is 19.1 Å². The molecule has 0 radical (unpaired) electrons. The standard InChI is InChI=1S/C26H33N5O4/c1-18(23(32)30-12-14-31(15-13-30)24(33)19-8-6-5-7-9-19)28-17-20-16-21(10-11-22(20)27)29-25(34)35-26(2,3)4/h5-11,16-18,27-28H,12-15H2,1-4H3,(H,29,34)/b20-17-,27-22?. The number of carbonyl (C=O) groups is 3. The molecule has 1 unspecified atom stereocenters. The molecular weight excluding hydrogens is 446 g/mol. The molecule has 35 heavy (non-hydrogen) atoms. The minimum absolute atomic E-state index is 0.0277. The molecule has 1 aliphatic carbocycles. The molecule has 2 aliphatic rings. The van der Waals surface area contributed by atoms with E-state index in [4.69, 9.17) is 10.1 Å². The summed E-state index contributed by atoms with van der Waals surface area (Å²) in [4.78, 5) is 41.1. The van der Waals surface area contributed by atoms with Crippen molar-refractivity contribution in [2.24, 2.45) is 0 Å². The first-order valence-corrected chi connectivity index (χ1v) is 11.6. The fourth-order valence-electron chi connectivity index (χ4n) is 3.63. The van der Waals surface area contributed by atoms with Crippen LogP contribution >= 0.6 is 0 Å². The summed E-state index contributed by atoms with van der Waals surface area (Å²) >= 11 is 0. The molecule has 1 aromatic rings. The predicted molar refractivity (Wildman–Crippen MR) is 134 cm³/mol. The van der Waals surface area contributed by atoms with E-state index in [9.17, 15) is 14.4 Å². The Kier molecular flexibility index (Phi) is 8.11. The number of allylic oxidation sites excluding steroid dienone is 4. The monoisotopic (exact) mass is 479 g/mol. The highest BCUT2D eigenvalue weighted by atomic mass is 16.6. The second kappa shape index (κ2) is 11.0. The van der Waals surface area contributed by atoms with E-state index in [0.717, 1.165) is 0 Å². The number of amides is 3. The van der Waals surface area contributed by atoms with E-state index in [1.165, 1.54) is 0 Å². The Labute approximate surface area is 206 Å². The molecule has 1 aliphatic heterocycles. The first-order chi connectivity index (χ1) is 16.5. The number of hydrogen-bond donors (Lipinski definition) is 3. The van der Waals surface area contributed by atoms with E-state index >= 15 is 0 Å². The van der Waals surface area contributed by atoms with Gasteiger partial charge in [-0.3, -0.25) is 14.9 Å². The summed E-state index contributed by atoms with van der Waals surface area (Å²) in [6.45, 7) is 8.97. The van der Waals surface area contributed by atoms with Crippen LogP contribution in [0, 0.1) is 5.41 Å². The minimum atomic E-state index is -0.619. The number of piperazine rings is 1. The highest BCUT2D eigenvalue weighted by Crippen LogP contribution is 2.14. The SMILES string of the molecule is CC(N/C=C1/C=C(NC(=O)OC(C)(C)C)C=CC1=N)C(=O)N1CCN(C(=O)c2ccccc2)CC1. The smallest absolute Gasteiger partial charge is 0.412 e. The number of rotatable bonds is 5. The number of hydrogen-bond acceptors (Lipinski definition) is 6. The van der Waals surface area contributed by atoms with E-state index < -0.39 is 17.7 Å². The molecule has 0 aromatic heterocycles. The molecule has 1 fully saturated rings. The predicted octanol–water partition coefficient (Wildman–Crippen LogP) is 2.83. The van der Waals surface area contributed by atoms with Gasteiger partial charge in [0.15, 0.2) is 0 Å². The van der Waals surface area contributed by atoms with Gasteiger partial charge in [-0.2, -0.15) is 0 Å². The Morgan fingerprint density at radius 1 is 1.03 bits per heavy atom. The molecular formula is C26H33N5O4. The van der Waals surface area contributed by atoms with Crippen LogP contribution in [0.25, 0.3) is 0 Å².